The van der Waals surface area contributed by atoms with Crippen molar-refractivity contribution in [3.8, 4) is 6.07 Å². The quantitative estimate of drug-likeness (QED) is 0.240. The minimum absolute atomic E-state index is 0.0437. The fourth-order valence-electron chi connectivity index (χ4n) is 3.22. The predicted molar refractivity (Wildman–Crippen MR) is 108 cm³/mol. The van der Waals surface area contributed by atoms with Gasteiger partial charge in [0.1, 0.15) is 23.3 Å². The average Bonchev–Trinajstić information content (AvgIpc) is 2.77. The standard InChI is InChI=1S/C19H19N5O6S/c20-7-6-12(25)23-21-8-19(18(29)30)9-24-16(28)13(17(24)31-10-19)22-15(27)14(26)11-4-2-1-3-5-11/h1-5,8,13-14,17,26H,6,9-10H2,(H,22,27)(H,23,25)(H,29,30)/t13?,14?,17-,19?/m1/s1. The molecule has 2 aliphatic heterocycles. The highest BCUT2D eigenvalue weighted by Crippen LogP contribution is 2.41. The molecule has 12 heteroatoms. The van der Waals surface area contributed by atoms with E-state index in [0.717, 1.165) is 18.0 Å². The monoisotopic (exact) mass is 445 g/mol. The van der Waals surface area contributed by atoms with Gasteiger partial charge in [0.25, 0.3) is 11.8 Å². The molecule has 1 aromatic rings. The lowest BCUT2D eigenvalue weighted by atomic mass is 9.88. The first-order valence-corrected chi connectivity index (χ1v) is 10.2. The van der Waals surface area contributed by atoms with Crippen LogP contribution in [0.1, 0.15) is 18.1 Å². The van der Waals surface area contributed by atoms with Gasteiger partial charge in [-0.3, -0.25) is 19.2 Å². The number of thioether (sulfide) groups is 1. The van der Waals surface area contributed by atoms with Crippen molar-refractivity contribution < 1.29 is 29.4 Å². The van der Waals surface area contributed by atoms with Gasteiger partial charge in [0.2, 0.25) is 5.91 Å². The molecule has 3 amide bonds. The average molecular weight is 445 g/mol. The van der Waals surface area contributed by atoms with E-state index >= 15 is 0 Å². The first-order chi connectivity index (χ1) is 14.8. The van der Waals surface area contributed by atoms with Crippen molar-refractivity contribution in [3.05, 3.63) is 35.9 Å². The summed E-state index contributed by atoms with van der Waals surface area (Å²) in [5, 5.41) is 34.0. The number of aliphatic carboxylic acids is 1. The number of rotatable bonds is 7. The summed E-state index contributed by atoms with van der Waals surface area (Å²) in [7, 11) is 0. The third-order valence-corrected chi connectivity index (χ3v) is 6.48. The maximum absolute atomic E-state index is 12.5. The molecular formula is C19H19N5O6S. The van der Waals surface area contributed by atoms with Gasteiger partial charge in [-0.05, 0) is 5.56 Å². The summed E-state index contributed by atoms with van der Waals surface area (Å²) in [6.07, 6.45) is -0.805. The number of nitriles is 1. The Morgan fingerprint density at radius 1 is 1.39 bits per heavy atom. The molecule has 0 saturated carbocycles. The lowest BCUT2D eigenvalue weighted by Crippen LogP contribution is -2.74. The second kappa shape index (κ2) is 9.15. The lowest BCUT2D eigenvalue weighted by Gasteiger charge is -2.53. The fourth-order valence-corrected chi connectivity index (χ4v) is 4.71. The van der Waals surface area contributed by atoms with Gasteiger partial charge in [-0.2, -0.15) is 10.4 Å². The summed E-state index contributed by atoms with van der Waals surface area (Å²) in [6.45, 7) is -0.190. The van der Waals surface area contributed by atoms with Gasteiger partial charge in [-0.1, -0.05) is 30.3 Å². The number of aliphatic hydroxyl groups excluding tert-OH is 1. The van der Waals surface area contributed by atoms with E-state index in [1.54, 1.807) is 36.4 Å². The number of carbonyl (C=O) groups is 4. The van der Waals surface area contributed by atoms with Gasteiger partial charge < -0.3 is 20.4 Å². The molecule has 4 N–H and O–H groups in total. The zero-order valence-electron chi connectivity index (χ0n) is 16.1. The van der Waals surface area contributed by atoms with Crippen LogP contribution in [-0.4, -0.2) is 68.7 Å². The number of β-lactam (4-membered cyclic amide) rings is 1. The number of aliphatic hydroxyl groups is 1. The van der Waals surface area contributed by atoms with E-state index < -0.39 is 53.0 Å². The van der Waals surface area contributed by atoms with Crippen LogP contribution in [0.4, 0.5) is 0 Å². The van der Waals surface area contributed by atoms with Crippen molar-refractivity contribution >= 4 is 41.7 Å². The van der Waals surface area contributed by atoms with Crippen LogP contribution in [0, 0.1) is 16.7 Å². The lowest BCUT2D eigenvalue weighted by molar-refractivity contribution is -0.156. The van der Waals surface area contributed by atoms with Crippen LogP contribution in [0.3, 0.4) is 0 Å². The molecule has 2 saturated heterocycles. The largest absolute Gasteiger partial charge is 0.480 e. The summed E-state index contributed by atoms with van der Waals surface area (Å²) >= 11 is 1.15. The Morgan fingerprint density at radius 3 is 2.74 bits per heavy atom. The molecule has 0 bridgehead atoms. The molecule has 3 unspecified atom stereocenters. The molecule has 162 valence electrons. The van der Waals surface area contributed by atoms with Crippen LogP contribution < -0.4 is 10.7 Å². The van der Waals surface area contributed by atoms with E-state index in [2.05, 4.69) is 15.8 Å². The van der Waals surface area contributed by atoms with Crippen LogP contribution >= 0.6 is 11.8 Å². The molecule has 31 heavy (non-hydrogen) atoms. The van der Waals surface area contributed by atoms with E-state index in [-0.39, 0.29) is 12.3 Å². The molecule has 0 spiro atoms. The van der Waals surface area contributed by atoms with Gasteiger partial charge in [-0.25, -0.2) is 5.43 Å². The van der Waals surface area contributed by atoms with Gasteiger partial charge in [-0.15, -0.1) is 11.8 Å². The number of hydrazone groups is 1. The van der Waals surface area contributed by atoms with Gasteiger partial charge in [0.15, 0.2) is 6.10 Å². The first kappa shape index (κ1) is 22.3. The van der Waals surface area contributed by atoms with Gasteiger partial charge >= 0.3 is 5.97 Å². The summed E-state index contributed by atoms with van der Waals surface area (Å²) in [6, 6.07) is 9.03. The third-order valence-electron chi connectivity index (χ3n) is 4.93. The zero-order chi connectivity index (χ0) is 22.6. The highest BCUT2D eigenvalue weighted by atomic mass is 32.2. The number of carboxylic acids is 1. The Bertz CT molecular complexity index is 964. The molecule has 0 aliphatic carbocycles. The van der Waals surface area contributed by atoms with Crippen LogP contribution in [-0.2, 0) is 19.2 Å². The van der Waals surface area contributed by atoms with Crippen LogP contribution in [0.25, 0.3) is 0 Å². The Morgan fingerprint density at radius 2 is 2.10 bits per heavy atom. The Labute approximate surface area is 181 Å². The number of nitrogens with one attached hydrogen (secondary N) is 2. The van der Waals surface area contributed by atoms with Gasteiger partial charge in [0, 0.05) is 18.5 Å². The molecule has 0 radical (unpaired) electrons. The summed E-state index contributed by atoms with van der Waals surface area (Å²) < 4.78 is 0. The number of nitrogens with zero attached hydrogens (tertiary/aromatic N) is 3. The minimum atomic E-state index is -1.53. The van der Waals surface area contributed by atoms with Crippen molar-refractivity contribution in [2.45, 2.75) is 23.9 Å². The highest BCUT2D eigenvalue weighted by molar-refractivity contribution is 8.00. The number of fused-ring (bicyclic) bond motifs is 1. The summed E-state index contributed by atoms with van der Waals surface area (Å²) in [5.41, 5.74) is 0.932. The Kier molecular flexibility index (Phi) is 6.57. The molecule has 1 aromatic carbocycles. The van der Waals surface area contributed by atoms with Crippen molar-refractivity contribution in [2.75, 3.05) is 12.3 Å². The van der Waals surface area contributed by atoms with E-state index in [1.807, 2.05) is 0 Å². The smallest absolute Gasteiger partial charge is 0.317 e. The van der Waals surface area contributed by atoms with Crippen molar-refractivity contribution in [2.24, 2.45) is 10.5 Å². The van der Waals surface area contributed by atoms with Crippen molar-refractivity contribution in [1.82, 2.24) is 15.6 Å². The highest BCUT2D eigenvalue weighted by Gasteiger charge is 2.57. The van der Waals surface area contributed by atoms with E-state index in [4.69, 9.17) is 5.26 Å². The molecule has 0 aromatic heterocycles. The Balaban J connectivity index is 1.63. The van der Waals surface area contributed by atoms with Crippen LogP contribution in [0.5, 0.6) is 0 Å². The number of hydrogen-bond donors (Lipinski definition) is 4. The number of amides is 3. The second-order valence-corrected chi connectivity index (χ2v) is 8.16. The molecule has 11 nitrogen and oxygen atoms in total. The zero-order valence-corrected chi connectivity index (χ0v) is 16.9. The number of hydrogen-bond acceptors (Lipinski definition) is 8. The third kappa shape index (κ3) is 4.52. The van der Waals surface area contributed by atoms with E-state index in [9.17, 15) is 29.4 Å². The number of carbonyl (C=O) groups excluding carboxylic acids is 3. The minimum Gasteiger partial charge on any atom is -0.480 e. The normalized spacial score (nSPS) is 25.7. The molecule has 2 fully saturated rings. The Hall–Kier alpha value is -3.43. The molecule has 2 aliphatic rings. The van der Waals surface area contributed by atoms with Crippen LogP contribution in [0.2, 0.25) is 0 Å². The maximum Gasteiger partial charge on any atom is 0.317 e. The van der Waals surface area contributed by atoms with E-state index in [0.29, 0.717) is 5.56 Å². The first-order valence-electron chi connectivity index (χ1n) is 9.18. The summed E-state index contributed by atoms with van der Waals surface area (Å²) in [5.74, 6) is -3.06. The fraction of sp³-hybridized carbons (Fsp3) is 0.368. The molecule has 4 atom stereocenters. The summed E-state index contributed by atoms with van der Waals surface area (Å²) in [4.78, 5) is 49.4. The van der Waals surface area contributed by atoms with Crippen molar-refractivity contribution in [1.29, 1.82) is 5.26 Å². The van der Waals surface area contributed by atoms with Crippen LogP contribution in [0.15, 0.2) is 35.4 Å². The molecule has 3 rings (SSSR count). The van der Waals surface area contributed by atoms with Gasteiger partial charge in [0.05, 0.1) is 6.07 Å². The number of carboxylic acid groups (broad SMARTS) is 1. The number of benzene rings is 1. The maximum atomic E-state index is 12.5. The second-order valence-electron chi connectivity index (χ2n) is 7.06. The molecule has 2 heterocycles. The SMILES string of the molecule is N#CCC(=O)NN=CC1(C(=O)O)CS[C@@H]2C(NC(=O)C(O)c3ccccc3)C(=O)N2C1. The van der Waals surface area contributed by atoms with Crippen molar-refractivity contribution in [3.63, 3.8) is 0 Å². The topological polar surface area (TPSA) is 172 Å². The van der Waals surface area contributed by atoms with E-state index in [1.165, 1.54) is 4.90 Å². The predicted octanol–water partition coefficient (Wildman–Crippen LogP) is -0.793. The molecular weight excluding hydrogens is 426 g/mol.